The topological polar surface area (TPSA) is 80.9 Å². The maximum Gasteiger partial charge on any atom is 0.295 e. The zero-order valence-electron chi connectivity index (χ0n) is 17.6. The lowest BCUT2D eigenvalue weighted by atomic mass is 10.1. The second-order valence-electron chi connectivity index (χ2n) is 7.04. The predicted octanol–water partition coefficient (Wildman–Crippen LogP) is 5.69. The molecule has 4 aromatic rings. The van der Waals surface area contributed by atoms with Gasteiger partial charge in [-0.3, -0.25) is 13.3 Å². The number of alkyl halides is 2. The second kappa shape index (κ2) is 9.77. The first-order chi connectivity index (χ1) is 15.7. The molecule has 0 fully saturated rings. The van der Waals surface area contributed by atoms with Gasteiger partial charge in [-0.1, -0.05) is 17.7 Å². The molecule has 0 saturated carbocycles. The number of halogens is 4. The van der Waals surface area contributed by atoms with Crippen LogP contribution in [0.1, 0.15) is 12.2 Å². The van der Waals surface area contributed by atoms with Gasteiger partial charge in [0.05, 0.1) is 29.6 Å². The van der Waals surface area contributed by atoms with Crippen LogP contribution in [0.4, 0.5) is 25.8 Å². The van der Waals surface area contributed by atoms with Gasteiger partial charge in [0.15, 0.2) is 11.5 Å². The largest absolute Gasteiger partial charge is 0.352 e. The molecule has 0 aliphatic rings. The van der Waals surface area contributed by atoms with Crippen molar-refractivity contribution in [2.24, 2.45) is 7.05 Å². The molecular formula is C19H18ClF2IN7OPS. The number of nitrogens with one attached hydrogen (secondary N) is 1. The van der Waals surface area contributed by atoms with E-state index in [0.29, 0.717) is 17.1 Å². The van der Waals surface area contributed by atoms with E-state index >= 15 is 0 Å². The van der Waals surface area contributed by atoms with E-state index in [4.69, 9.17) is 11.6 Å². The minimum atomic E-state index is -2.75. The van der Waals surface area contributed by atoms with Crippen LogP contribution >= 0.6 is 40.0 Å². The first-order valence-corrected chi connectivity index (χ1v) is 15.4. The number of pyridine rings is 1. The summed E-state index contributed by atoms with van der Waals surface area (Å²) in [6, 6.07) is 7.14. The Bertz CT molecular complexity index is 1370. The number of imidazole rings is 1. The molecule has 0 saturated heterocycles. The van der Waals surface area contributed by atoms with E-state index in [9.17, 15) is 13.0 Å². The fourth-order valence-corrected chi connectivity index (χ4v) is 5.80. The lowest BCUT2D eigenvalue weighted by Crippen LogP contribution is -2.20. The lowest BCUT2D eigenvalue weighted by molar-refractivity contribution is 0.140. The number of rotatable bonds is 7. The summed E-state index contributed by atoms with van der Waals surface area (Å²) in [5.41, 5.74) is 4.01. The third-order valence-electron chi connectivity index (χ3n) is 4.92. The van der Waals surface area contributed by atoms with Crippen molar-refractivity contribution in [2.75, 3.05) is 22.9 Å². The zero-order valence-corrected chi connectivity index (χ0v) is 22.3. The number of nitrogens with zero attached hydrogens (tertiary/aromatic N) is 6. The number of anilines is 3. The smallest absolute Gasteiger partial charge is 0.295 e. The van der Waals surface area contributed by atoms with E-state index in [1.807, 2.05) is 53.5 Å². The molecule has 0 spiro atoms. The van der Waals surface area contributed by atoms with E-state index < -0.39 is 17.4 Å². The fourth-order valence-electron chi connectivity index (χ4n) is 3.29. The molecule has 0 bridgehead atoms. The quantitative estimate of drug-likeness (QED) is 0.163. The van der Waals surface area contributed by atoms with Crippen LogP contribution in [0.15, 0.2) is 36.7 Å². The van der Waals surface area contributed by atoms with Crippen LogP contribution in [-0.4, -0.2) is 41.6 Å². The van der Waals surface area contributed by atoms with Crippen LogP contribution in [0, 0.1) is 0 Å². The van der Waals surface area contributed by atoms with Crippen molar-refractivity contribution in [1.82, 2.24) is 24.1 Å². The maximum atomic E-state index is 13.6. The number of hydrogen-bond acceptors (Lipinski definition) is 5. The van der Waals surface area contributed by atoms with Crippen molar-refractivity contribution in [2.45, 2.75) is 6.43 Å². The summed E-state index contributed by atoms with van der Waals surface area (Å²) in [5.74, 6) is -0.366. The van der Waals surface area contributed by atoms with E-state index in [-0.39, 0.29) is 28.5 Å². The molecule has 0 aliphatic carbocycles. The van der Waals surface area contributed by atoms with Crippen LogP contribution in [0.3, 0.4) is 0 Å². The van der Waals surface area contributed by atoms with Gasteiger partial charge in [0.25, 0.3) is 6.43 Å². The Morgan fingerprint density at radius 3 is 2.61 bits per heavy atom. The summed E-state index contributed by atoms with van der Waals surface area (Å²) in [5, 5.41) is 7.58. The zero-order chi connectivity index (χ0) is 23.9. The highest BCUT2D eigenvalue weighted by atomic mass is 127. The minimum absolute atomic E-state index is 0.0261. The van der Waals surface area contributed by atoms with Crippen LogP contribution in [0.2, 0.25) is 5.15 Å². The van der Waals surface area contributed by atoms with E-state index in [2.05, 4.69) is 20.4 Å². The van der Waals surface area contributed by atoms with Crippen molar-refractivity contribution in [3.8, 4) is 11.1 Å². The van der Waals surface area contributed by atoms with Gasteiger partial charge in [-0.05, 0) is 39.7 Å². The monoisotopic (exact) mass is 623 g/mol. The SMILES string of the molecule is CN(c1cc(-c2cnn(C)c2)ccc1Nc1cc(Cl)nc2c1nc(C(F)F)n2PI)S(C)=O. The van der Waals surface area contributed by atoms with Gasteiger partial charge in [0, 0.05) is 38.2 Å². The lowest BCUT2D eigenvalue weighted by Gasteiger charge is -2.21. The molecule has 3 aromatic heterocycles. The fraction of sp³-hybridized carbons (Fsp3) is 0.211. The Morgan fingerprint density at radius 2 is 2.00 bits per heavy atom. The summed E-state index contributed by atoms with van der Waals surface area (Å²) in [6.45, 7) is 0. The van der Waals surface area contributed by atoms with Gasteiger partial charge in [-0.25, -0.2) is 23.0 Å². The number of aryl methyl sites for hydroxylation is 1. The molecule has 0 amide bonds. The van der Waals surface area contributed by atoms with Crippen molar-refractivity contribution in [1.29, 1.82) is 0 Å². The molecule has 33 heavy (non-hydrogen) atoms. The minimum Gasteiger partial charge on any atom is -0.352 e. The highest BCUT2D eigenvalue weighted by molar-refractivity contribution is 14.2. The van der Waals surface area contributed by atoms with Crippen molar-refractivity contribution < 1.29 is 13.0 Å². The third-order valence-corrected chi connectivity index (χ3v) is 8.14. The molecule has 1 N–H and O–H groups in total. The van der Waals surface area contributed by atoms with Crippen LogP contribution in [-0.2, 0) is 18.0 Å². The number of benzene rings is 1. The van der Waals surface area contributed by atoms with Gasteiger partial charge >= 0.3 is 0 Å². The van der Waals surface area contributed by atoms with E-state index in [1.165, 1.54) is 10.4 Å². The average molecular weight is 624 g/mol. The first kappa shape index (κ1) is 24.2. The number of aromatic nitrogens is 5. The molecule has 2 unspecified atom stereocenters. The summed E-state index contributed by atoms with van der Waals surface area (Å²) in [4.78, 5) is 8.36. The summed E-state index contributed by atoms with van der Waals surface area (Å²) >= 11 is 8.22. The molecule has 4 rings (SSSR count). The van der Waals surface area contributed by atoms with Crippen molar-refractivity contribution in [3.63, 3.8) is 0 Å². The Labute approximate surface area is 210 Å². The summed E-state index contributed by atoms with van der Waals surface area (Å²) < 4.78 is 44.1. The first-order valence-electron chi connectivity index (χ1n) is 9.40. The van der Waals surface area contributed by atoms with E-state index in [1.54, 1.807) is 28.5 Å². The van der Waals surface area contributed by atoms with Gasteiger partial charge in [-0.2, -0.15) is 5.10 Å². The van der Waals surface area contributed by atoms with Gasteiger partial charge in [0.1, 0.15) is 21.7 Å². The Morgan fingerprint density at radius 1 is 1.24 bits per heavy atom. The number of fused-ring (bicyclic) bond motifs is 1. The second-order valence-corrected chi connectivity index (χ2v) is 10.9. The van der Waals surface area contributed by atoms with E-state index in [0.717, 1.165) is 11.1 Å². The van der Waals surface area contributed by atoms with Gasteiger partial charge < -0.3 is 5.32 Å². The molecule has 2 atom stereocenters. The van der Waals surface area contributed by atoms with Crippen molar-refractivity contribution >= 4 is 79.2 Å². The molecule has 3 heterocycles. The molecule has 0 aliphatic heterocycles. The van der Waals surface area contributed by atoms with Crippen molar-refractivity contribution in [3.05, 3.63) is 47.6 Å². The van der Waals surface area contributed by atoms with Gasteiger partial charge in [0.2, 0.25) is 0 Å². The van der Waals surface area contributed by atoms with Crippen LogP contribution < -0.4 is 9.62 Å². The van der Waals surface area contributed by atoms with Crippen LogP contribution in [0.5, 0.6) is 0 Å². The average Bonchev–Trinajstić information content (AvgIpc) is 3.37. The molecule has 1 aromatic carbocycles. The summed E-state index contributed by atoms with van der Waals surface area (Å²) in [6.07, 6.45) is 2.41. The molecule has 14 heteroatoms. The van der Waals surface area contributed by atoms with Crippen LogP contribution in [0.25, 0.3) is 22.3 Å². The highest BCUT2D eigenvalue weighted by Gasteiger charge is 2.23. The Kier molecular flexibility index (Phi) is 7.18. The standard InChI is InChI=1S/C19H18ClF2IN7OPS/c1-28-9-11(8-24-28)10-4-5-12(14(6-10)29(2)33(3)31)25-13-7-15(20)26-18-16(13)27-19(17(21)22)30(18)32-23/h4-9,17,32H,1-3H3,(H,25,26). The predicted molar refractivity (Wildman–Crippen MR) is 140 cm³/mol. The Balaban J connectivity index is 1.85. The maximum absolute atomic E-state index is 13.6. The molecule has 0 radical (unpaired) electrons. The summed E-state index contributed by atoms with van der Waals surface area (Å²) in [7, 11) is 2.22. The molecular weight excluding hydrogens is 606 g/mol. The number of hydrogen-bond donors (Lipinski definition) is 1. The van der Waals surface area contributed by atoms with Gasteiger partial charge in [-0.15, -0.1) is 0 Å². The molecule has 8 nitrogen and oxygen atoms in total. The molecule has 174 valence electrons. The Hall–Kier alpha value is -1.89. The normalized spacial score (nSPS) is 12.8. The highest BCUT2D eigenvalue weighted by Crippen LogP contribution is 2.40. The third kappa shape index (κ3) is 4.84.